The molecule has 12 heavy (non-hydrogen) atoms. The minimum Gasteiger partial charge on any atom is -0.481 e. The van der Waals surface area contributed by atoms with Gasteiger partial charge in [-0.2, -0.15) is 0 Å². The van der Waals surface area contributed by atoms with Crippen LogP contribution in [0.5, 0.6) is 0 Å². The number of nitrogens with zero attached hydrogens (tertiary/aromatic N) is 1. The molecule has 0 radical (unpaired) electrons. The van der Waals surface area contributed by atoms with Crippen molar-refractivity contribution in [2.45, 2.75) is 6.42 Å². The van der Waals surface area contributed by atoms with Gasteiger partial charge in [0.25, 0.3) is 0 Å². The van der Waals surface area contributed by atoms with Gasteiger partial charge in [0.1, 0.15) is 0 Å². The number of hydrogen-bond acceptors (Lipinski definition) is 2. The van der Waals surface area contributed by atoms with Crippen molar-refractivity contribution in [3.63, 3.8) is 0 Å². The highest BCUT2D eigenvalue weighted by atomic mass is 16.4. The molecule has 1 rings (SSSR count). The average molecular weight is 163 g/mol. The summed E-state index contributed by atoms with van der Waals surface area (Å²) in [6.45, 7) is 3.62. The summed E-state index contributed by atoms with van der Waals surface area (Å²) in [6.07, 6.45) is 1.55. The Labute approximate surface area is 70.4 Å². The molecule has 0 amide bonds. The van der Waals surface area contributed by atoms with Gasteiger partial charge in [-0.15, -0.1) is 0 Å². The Bertz CT molecular complexity index is 293. The van der Waals surface area contributed by atoms with E-state index in [1.54, 1.807) is 24.4 Å². The second-order valence-corrected chi connectivity index (χ2v) is 2.39. The van der Waals surface area contributed by atoms with Crippen LogP contribution in [0.1, 0.15) is 12.1 Å². The molecule has 0 aromatic carbocycles. The van der Waals surface area contributed by atoms with E-state index in [4.69, 9.17) is 5.11 Å². The van der Waals surface area contributed by atoms with Gasteiger partial charge in [-0.3, -0.25) is 9.78 Å². The van der Waals surface area contributed by atoms with Gasteiger partial charge >= 0.3 is 5.97 Å². The first kappa shape index (κ1) is 8.46. The number of aliphatic carboxylic acids is 1. The van der Waals surface area contributed by atoms with Crippen molar-refractivity contribution in [2.24, 2.45) is 0 Å². The summed E-state index contributed by atoms with van der Waals surface area (Å²) in [5, 5.41) is 8.46. The zero-order chi connectivity index (χ0) is 8.97. The van der Waals surface area contributed by atoms with E-state index in [-0.39, 0.29) is 6.42 Å². The number of carboxylic acids is 1. The monoisotopic (exact) mass is 163 g/mol. The van der Waals surface area contributed by atoms with E-state index in [1.807, 2.05) is 0 Å². The number of rotatable bonds is 3. The van der Waals surface area contributed by atoms with Crippen LogP contribution in [-0.2, 0) is 4.79 Å². The maximum Gasteiger partial charge on any atom is 0.307 e. The van der Waals surface area contributed by atoms with E-state index < -0.39 is 5.97 Å². The van der Waals surface area contributed by atoms with E-state index >= 15 is 0 Å². The number of carboxylic acid groups (broad SMARTS) is 1. The van der Waals surface area contributed by atoms with Crippen molar-refractivity contribution >= 4 is 11.5 Å². The topological polar surface area (TPSA) is 50.2 Å². The Hall–Kier alpha value is -1.64. The molecule has 62 valence electrons. The zero-order valence-electron chi connectivity index (χ0n) is 6.53. The first-order valence-electron chi connectivity index (χ1n) is 3.51. The molecule has 3 heteroatoms. The standard InChI is InChI=1S/C9H9NO2/c1-7(6-9(11)12)8-4-2-3-5-10-8/h2-5H,1,6H2,(H,11,12). The molecule has 0 saturated carbocycles. The summed E-state index contributed by atoms with van der Waals surface area (Å²) in [5.41, 5.74) is 1.17. The summed E-state index contributed by atoms with van der Waals surface area (Å²) >= 11 is 0. The third-order valence-electron chi connectivity index (χ3n) is 1.39. The molecule has 1 aromatic rings. The SMILES string of the molecule is C=C(CC(=O)O)c1ccccn1. The maximum atomic E-state index is 10.3. The van der Waals surface area contributed by atoms with Gasteiger partial charge in [0, 0.05) is 6.20 Å². The first-order valence-corrected chi connectivity index (χ1v) is 3.51. The molecule has 0 aliphatic heterocycles. The fourth-order valence-electron chi connectivity index (χ4n) is 0.845. The van der Waals surface area contributed by atoms with Gasteiger partial charge in [-0.25, -0.2) is 0 Å². The average Bonchev–Trinajstić information content (AvgIpc) is 2.05. The van der Waals surface area contributed by atoms with Crippen LogP contribution in [0, 0.1) is 0 Å². The molecule has 0 unspecified atom stereocenters. The van der Waals surface area contributed by atoms with Crippen LogP contribution in [-0.4, -0.2) is 16.1 Å². The highest BCUT2D eigenvalue weighted by molar-refractivity contribution is 5.81. The molecule has 1 heterocycles. The van der Waals surface area contributed by atoms with Crippen molar-refractivity contribution in [3.8, 4) is 0 Å². The lowest BCUT2D eigenvalue weighted by Gasteiger charge is -1.99. The lowest BCUT2D eigenvalue weighted by atomic mass is 10.1. The van der Waals surface area contributed by atoms with Crippen LogP contribution in [0.4, 0.5) is 0 Å². The molecule has 0 spiro atoms. The molecule has 1 aromatic heterocycles. The Morgan fingerprint density at radius 1 is 1.58 bits per heavy atom. The summed E-state index contributed by atoms with van der Waals surface area (Å²) in [5.74, 6) is -0.884. The molecular formula is C9H9NO2. The van der Waals surface area contributed by atoms with Crippen LogP contribution in [0.2, 0.25) is 0 Å². The van der Waals surface area contributed by atoms with Crippen LogP contribution >= 0.6 is 0 Å². The summed E-state index contributed by atoms with van der Waals surface area (Å²) < 4.78 is 0. The highest BCUT2D eigenvalue weighted by Crippen LogP contribution is 2.11. The Kier molecular flexibility index (Phi) is 2.58. The lowest BCUT2D eigenvalue weighted by Crippen LogP contribution is -1.97. The van der Waals surface area contributed by atoms with Crippen molar-refractivity contribution in [1.82, 2.24) is 4.98 Å². The van der Waals surface area contributed by atoms with Gasteiger partial charge in [0.2, 0.25) is 0 Å². The van der Waals surface area contributed by atoms with E-state index in [0.717, 1.165) is 0 Å². The fourth-order valence-corrected chi connectivity index (χ4v) is 0.845. The number of carbonyl (C=O) groups is 1. The van der Waals surface area contributed by atoms with Gasteiger partial charge in [0.15, 0.2) is 0 Å². The predicted octanol–water partition coefficient (Wildman–Crippen LogP) is 1.57. The molecule has 0 bridgehead atoms. The van der Waals surface area contributed by atoms with Gasteiger partial charge in [-0.05, 0) is 17.7 Å². The molecule has 0 fully saturated rings. The number of hydrogen-bond donors (Lipinski definition) is 1. The Morgan fingerprint density at radius 3 is 2.83 bits per heavy atom. The maximum absolute atomic E-state index is 10.3. The van der Waals surface area contributed by atoms with Gasteiger partial charge < -0.3 is 5.11 Å². The summed E-state index contributed by atoms with van der Waals surface area (Å²) in [7, 11) is 0. The Balaban J connectivity index is 2.73. The minimum atomic E-state index is -0.884. The lowest BCUT2D eigenvalue weighted by molar-refractivity contribution is -0.135. The van der Waals surface area contributed by atoms with Crippen molar-refractivity contribution in [2.75, 3.05) is 0 Å². The second kappa shape index (κ2) is 3.67. The van der Waals surface area contributed by atoms with Crippen LogP contribution in [0.3, 0.4) is 0 Å². The van der Waals surface area contributed by atoms with Gasteiger partial charge in [-0.1, -0.05) is 12.6 Å². The fraction of sp³-hybridized carbons (Fsp3) is 0.111. The zero-order valence-corrected chi connectivity index (χ0v) is 6.53. The number of aromatic nitrogens is 1. The van der Waals surface area contributed by atoms with Crippen molar-refractivity contribution in [1.29, 1.82) is 0 Å². The minimum absolute atomic E-state index is 0.0585. The summed E-state index contributed by atoms with van der Waals surface area (Å²) in [4.78, 5) is 14.3. The molecule has 0 saturated heterocycles. The van der Waals surface area contributed by atoms with Crippen molar-refractivity contribution < 1.29 is 9.90 Å². The largest absolute Gasteiger partial charge is 0.481 e. The van der Waals surface area contributed by atoms with E-state index in [1.165, 1.54) is 0 Å². The van der Waals surface area contributed by atoms with Crippen LogP contribution < -0.4 is 0 Å². The molecule has 1 N–H and O–H groups in total. The highest BCUT2D eigenvalue weighted by Gasteiger charge is 2.03. The van der Waals surface area contributed by atoms with E-state index in [9.17, 15) is 4.79 Å². The molecule has 0 atom stereocenters. The quantitative estimate of drug-likeness (QED) is 0.735. The first-order chi connectivity index (χ1) is 5.70. The van der Waals surface area contributed by atoms with Crippen LogP contribution in [0.25, 0.3) is 5.57 Å². The van der Waals surface area contributed by atoms with Crippen LogP contribution in [0.15, 0.2) is 31.0 Å². The number of pyridine rings is 1. The van der Waals surface area contributed by atoms with E-state index in [0.29, 0.717) is 11.3 Å². The molecule has 3 nitrogen and oxygen atoms in total. The third kappa shape index (κ3) is 2.20. The normalized spacial score (nSPS) is 9.33. The second-order valence-electron chi connectivity index (χ2n) is 2.39. The summed E-state index contributed by atoms with van der Waals surface area (Å²) in [6, 6.07) is 5.32. The smallest absolute Gasteiger partial charge is 0.307 e. The molecule has 0 aliphatic carbocycles. The van der Waals surface area contributed by atoms with Gasteiger partial charge in [0.05, 0.1) is 12.1 Å². The third-order valence-corrected chi connectivity index (χ3v) is 1.39. The van der Waals surface area contributed by atoms with E-state index in [2.05, 4.69) is 11.6 Å². The van der Waals surface area contributed by atoms with Crippen molar-refractivity contribution in [3.05, 3.63) is 36.7 Å². The Morgan fingerprint density at radius 2 is 2.33 bits per heavy atom. The molecular weight excluding hydrogens is 154 g/mol. The predicted molar refractivity (Wildman–Crippen MR) is 45.5 cm³/mol. The molecule has 0 aliphatic rings.